The molecule has 3 aromatic heterocycles. The van der Waals surface area contributed by atoms with Gasteiger partial charge in [-0.1, -0.05) is 29.3 Å². The van der Waals surface area contributed by atoms with Crippen LogP contribution in [0.5, 0.6) is 0 Å². The molecule has 0 aliphatic carbocycles. The van der Waals surface area contributed by atoms with Gasteiger partial charge in [-0.3, -0.25) is 4.79 Å². The Morgan fingerprint density at radius 3 is 2.81 bits per heavy atom. The smallest absolute Gasteiger partial charge is 0.290 e. The van der Waals surface area contributed by atoms with E-state index in [9.17, 15) is 4.79 Å². The molecule has 0 N–H and O–H groups in total. The molecule has 0 saturated heterocycles. The van der Waals surface area contributed by atoms with Crippen molar-refractivity contribution in [1.29, 1.82) is 0 Å². The minimum atomic E-state index is -0.172. The molecule has 0 radical (unpaired) electrons. The molecule has 0 atom stereocenters. The molecule has 0 unspecified atom stereocenters. The molecule has 4 aromatic rings. The van der Waals surface area contributed by atoms with Crippen LogP contribution in [0.25, 0.3) is 10.9 Å². The molecule has 6 heteroatoms. The van der Waals surface area contributed by atoms with Crippen LogP contribution < -0.4 is 0 Å². The minimum Gasteiger partial charge on any atom is -0.459 e. The molecule has 1 aromatic carbocycles. The summed E-state index contributed by atoms with van der Waals surface area (Å²) >= 11 is 8.04. The molecular formula is C21H17ClN2O2S. The van der Waals surface area contributed by atoms with Crippen molar-refractivity contribution < 1.29 is 9.21 Å². The van der Waals surface area contributed by atoms with Gasteiger partial charge in [0.2, 0.25) is 0 Å². The first-order valence-corrected chi connectivity index (χ1v) is 9.77. The van der Waals surface area contributed by atoms with Crippen LogP contribution in [0.2, 0.25) is 5.15 Å². The maximum atomic E-state index is 12.9. The van der Waals surface area contributed by atoms with Gasteiger partial charge in [0.05, 0.1) is 18.3 Å². The van der Waals surface area contributed by atoms with E-state index in [-0.39, 0.29) is 5.91 Å². The number of nitrogens with zero attached hydrogens (tertiary/aromatic N) is 2. The van der Waals surface area contributed by atoms with Gasteiger partial charge in [0.1, 0.15) is 5.15 Å². The maximum Gasteiger partial charge on any atom is 0.290 e. The van der Waals surface area contributed by atoms with Crippen LogP contribution in [0, 0.1) is 6.92 Å². The van der Waals surface area contributed by atoms with E-state index in [1.165, 1.54) is 6.26 Å². The predicted molar refractivity (Wildman–Crippen MR) is 108 cm³/mol. The van der Waals surface area contributed by atoms with Gasteiger partial charge < -0.3 is 9.32 Å². The Morgan fingerprint density at radius 2 is 2.07 bits per heavy atom. The Morgan fingerprint density at radius 1 is 1.19 bits per heavy atom. The third-order valence-electron chi connectivity index (χ3n) is 4.30. The zero-order chi connectivity index (χ0) is 18.8. The maximum absolute atomic E-state index is 12.9. The van der Waals surface area contributed by atoms with Gasteiger partial charge in [-0.2, -0.15) is 0 Å². The topological polar surface area (TPSA) is 46.3 Å². The number of hydrogen-bond acceptors (Lipinski definition) is 4. The molecule has 3 heterocycles. The molecule has 4 nitrogen and oxygen atoms in total. The van der Waals surface area contributed by atoms with Gasteiger partial charge in [0, 0.05) is 22.4 Å². The second-order valence-electron chi connectivity index (χ2n) is 6.35. The SMILES string of the molecule is Cc1ccc2nc(Cl)c(CN(Cc3cccs3)C(=O)c3ccco3)cc2c1. The number of aromatic nitrogens is 1. The van der Waals surface area contributed by atoms with E-state index in [4.69, 9.17) is 16.0 Å². The summed E-state index contributed by atoms with van der Waals surface area (Å²) < 4.78 is 5.31. The van der Waals surface area contributed by atoms with Gasteiger partial charge in [0.15, 0.2) is 5.76 Å². The van der Waals surface area contributed by atoms with Crippen molar-refractivity contribution in [3.8, 4) is 0 Å². The molecule has 27 heavy (non-hydrogen) atoms. The Hall–Kier alpha value is -2.63. The highest BCUT2D eigenvalue weighted by molar-refractivity contribution is 7.09. The van der Waals surface area contributed by atoms with E-state index in [2.05, 4.69) is 11.1 Å². The Kier molecular flexibility index (Phi) is 4.97. The quantitative estimate of drug-likeness (QED) is 0.407. The fourth-order valence-corrected chi connectivity index (χ4v) is 3.90. The number of carbonyl (C=O) groups is 1. The number of halogens is 1. The van der Waals surface area contributed by atoms with Crippen molar-refractivity contribution in [2.24, 2.45) is 0 Å². The Labute approximate surface area is 166 Å². The Bertz CT molecular complexity index is 1080. The lowest BCUT2D eigenvalue weighted by Crippen LogP contribution is -2.29. The molecule has 4 rings (SSSR count). The highest BCUT2D eigenvalue weighted by Crippen LogP contribution is 2.25. The molecular weight excluding hydrogens is 380 g/mol. The summed E-state index contributed by atoms with van der Waals surface area (Å²) in [6, 6.07) is 15.4. The van der Waals surface area contributed by atoms with Crippen LogP contribution in [0.1, 0.15) is 26.6 Å². The average Bonchev–Trinajstić information content (AvgIpc) is 3.35. The van der Waals surface area contributed by atoms with Crippen LogP contribution in [-0.4, -0.2) is 15.8 Å². The summed E-state index contributed by atoms with van der Waals surface area (Å²) in [7, 11) is 0. The number of carbonyl (C=O) groups excluding carboxylic acids is 1. The molecule has 1 amide bonds. The lowest BCUT2D eigenvalue weighted by molar-refractivity contribution is 0.0699. The van der Waals surface area contributed by atoms with Gasteiger partial charge in [-0.15, -0.1) is 11.3 Å². The zero-order valence-electron chi connectivity index (χ0n) is 14.7. The Balaban J connectivity index is 1.69. The number of amides is 1. The molecule has 0 aliphatic rings. The molecule has 0 bridgehead atoms. The lowest BCUT2D eigenvalue weighted by Gasteiger charge is -2.22. The van der Waals surface area contributed by atoms with Gasteiger partial charge in [0.25, 0.3) is 5.91 Å². The minimum absolute atomic E-state index is 0.172. The number of fused-ring (bicyclic) bond motifs is 1. The summed E-state index contributed by atoms with van der Waals surface area (Å²) in [5.41, 5.74) is 2.81. The summed E-state index contributed by atoms with van der Waals surface area (Å²) in [5.74, 6) is 0.140. The van der Waals surface area contributed by atoms with Crippen LogP contribution in [-0.2, 0) is 13.1 Å². The van der Waals surface area contributed by atoms with Gasteiger partial charge >= 0.3 is 0 Å². The number of aryl methyl sites for hydroxylation is 1. The summed E-state index contributed by atoms with van der Waals surface area (Å²) in [6.07, 6.45) is 1.50. The van der Waals surface area contributed by atoms with Crippen LogP contribution in [0.4, 0.5) is 0 Å². The van der Waals surface area contributed by atoms with Crippen molar-refractivity contribution in [3.05, 3.63) is 87.1 Å². The fraction of sp³-hybridized carbons (Fsp3) is 0.143. The van der Waals surface area contributed by atoms with Crippen molar-refractivity contribution in [2.45, 2.75) is 20.0 Å². The highest BCUT2D eigenvalue weighted by Gasteiger charge is 2.21. The second kappa shape index (κ2) is 7.55. The first-order valence-electron chi connectivity index (χ1n) is 8.51. The zero-order valence-corrected chi connectivity index (χ0v) is 16.3. The van der Waals surface area contributed by atoms with Gasteiger partial charge in [-0.05, 0) is 48.7 Å². The normalized spacial score (nSPS) is 11.0. The third-order valence-corrected chi connectivity index (χ3v) is 5.49. The monoisotopic (exact) mass is 396 g/mol. The van der Waals surface area contributed by atoms with E-state index >= 15 is 0 Å². The van der Waals surface area contributed by atoms with E-state index in [0.29, 0.717) is 24.0 Å². The number of benzene rings is 1. The summed E-state index contributed by atoms with van der Waals surface area (Å²) in [4.78, 5) is 20.3. The van der Waals surface area contributed by atoms with E-state index < -0.39 is 0 Å². The summed E-state index contributed by atoms with van der Waals surface area (Å²) in [5, 5.41) is 3.42. The summed E-state index contributed by atoms with van der Waals surface area (Å²) in [6.45, 7) is 2.88. The van der Waals surface area contributed by atoms with E-state index in [1.807, 2.05) is 42.6 Å². The average molecular weight is 397 g/mol. The second-order valence-corrected chi connectivity index (χ2v) is 7.74. The number of pyridine rings is 1. The molecule has 0 aliphatic heterocycles. The first-order chi connectivity index (χ1) is 13.1. The van der Waals surface area contributed by atoms with Crippen molar-refractivity contribution in [2.75, 3.05) is 0 Å². The van der Waals surface area contributed by atoms with Crippen LogP contribution in [0.15, 0.2) is 64.6 Å². The van der Waals surface area contributed by atoms with Crippen molar-refractivity contribution >= 4 is 39.7 Å². The largest absolute Gasteiger partial charge is 0.459 e. The predicted octanol–water partition coefficient (Wildman–Crippen LogP) is 5.69. The third kappa shape index (κ3) is 3.89. The van der Waals surface area contributed by atoms with E-state index in [1.54, 1.807) is 28.4 Å². The molecule has 0 spiro atoms. The highest BCUT2D eigenvalue weighted by atomic mass is 35.5. The number of rotatable bonds is 5. The van der Waals surface area contributed by atoms with Crippen molar-refractivity contribution in [3.63, 3.8) is 0 Å². The van der Waals surface area contributed by atoms with Crippen molar-refractivity contribution in [1.82, 2.24) is 9.88 Å². The standard InChI is InChI=1S/C21H17ClN2O2S/c1-14-6-7-18-15(10-14)11-16(20(22)23-18)12-24(13-17-4-3-9-27-17)21(25)19-5-2-8-26-19/h2-11H,12-13H2,1H3. The molecule has 0 fully saturated rings. The fourth-order valence-electron chi connectivity index (χ4n) is 2.98. The van der Waals surface area contributed by atoms with E-state index in [0.717, 1.165) is 26.9 Å². The van der Waals surface area contributed by atoms with Gasteiger partial charge in [-0.25, -0.2) is 4.98 Å². The molecule has 136 valence electrons. The van der Waals surface area contributed by atoms with Crippen LogP contribution in [0.3, 0.4) is 0 Å². The number of thiophene rings is 1. The molecule has 0 saturated carbocycles. The number of furan rings is 1. The van der Waals surface area contributed by atoms with Crippen LogP contribution >= 0.6 is 22.9 Å². The lowest BCUT2D eigenvalue weighted by atomic mass is 10.1. The number of hydrogen-bond donors (Lipinski definition) is 0. The first kappa shape index (κ1) is 17.8.